The fourth-order valence-electron chi connectivity index (χ4n) is 3.32. The van der Waals surface area contributed by atoms with E-state index in [-0.39, 0.29) is 0 Å². The van der Waals surface area contributed by atoms with Gasteiger partial charge in [-0.2, -0.15) is 0 Å². The minimum Gasteiger partial charge on any atom is -0.346 e. The predicted octanol–water partition coefficient (Wildman–Crippen LogP) is 1.97. The molecule has 4 heterocycles. The number of aromatic nitrogens is 3. The van der Waals surface area contributed by atoms with Crippen molar-refractivity contribution < 1.29 is 0 Å². The van der Waals surface area contributed by atoms with Crippen LogP contribution in [0.25, 0.3) is 0 Å². The van der Waals surface area contributed by atoms with Crippen molar-refractivity contribution in [2.45, 2.75) is 24.7 Å². The van der Waals surface area contributed by atoms with Crippen LogP contribution in [0.2, 0.25) is 0 Å². The molecular weight excluding hydrogens is 352 g/mol. The molecule has 2 aromatic heterocycles. The normalized spacial score (nSPS) is 19.2. The number of anilines is 1. The van der Waals surface area contributed by atoms with E-state index in [0.29, 0.717) is 0 Å². The number of piperazine rings is 1. The van der Waals surface area contributed by atoms with Crippen molar-refractivity contribution in [2.75, 3.05) is 50.9 Å². The van der Waals surface area contributed by atoms with Gasteiger partial charge in [-0.05, 0) is 13.3 Å². The summed E-state index contributed by atoms with van der Waals surface area (Å²) in [6.45, 7) is 7.36. The van der Waals surface area contributed by atoms with Gasteiger partial charge in [-0.1, -0.05) is 11.8 Å². The molecule has 1 fully saturated rings. The van der Waals surface area contributed by atoms with E-state index in [1.165, 1.54) is 21.3 Å². The number of likely N-dealkylation sites (N-methyl/N-ethyl adjacent to an activating group) is 1. The molecule has 25 heavy (non-hydrogen) atoms. The van der Waals surface area contributed by atoms with E-state index in [1.807, 2.05) is 23.8 Å². The molecular formula is C17H24N6S2. The average molecular weight is 377 g/mol. The summed E-state index contributed by atoms with van der Waals surface area (Å²) in [5.41, 5.74) is 2.49. The van der Waals surface area contributed by atoms with Crippen LogP contribution in [-0.2, 0) is 19.5 Å². The maximum atomic E-state index is 4.67. The van der Waals surface area contributed by atoms with Gasteiger partial charge in [0.2, 0.25) is 0 Å². The highest BCUT2D eigenvalue weighted by Gasteiger charge is 2.21. The van der Waals surface area contributed by atoms with Crippen molar-refractivity contribution in [3.63, 3.8) is 0 Å². The molecule has 0 unspecified atom stereocenters. The highest BCUT2D eigenvalue weighted by Crippen LogP contribution is 2.26. The SMILES string of the molecule is CSc1ncc2c(n1)CCN(Cc1cnc(N3CCN(C)CC3)s1)C2. The molecule has 0 spiro atoms. The Morgan fingerprint density at radius 3 is 2.76 bits per heavy atom. The number of hydrogen-bond donors (Lipinski definition) is 0. The lowest BCUT2D eigenvalue weighted by Crippen LogP contribution is -2.44. The maximum absolute atomic E-state index is 4.67. The minimum atomic E-state index is 0.881. The number of hydrogen-bond acceptors (Lipinski definition) is 8. The summed E-state index contributed by atoms with van der Waals surface area (Å²) in [6.07, 6.45) is 7.10. The van der Waals surface area contributed by atoms with E-state index in [9.17, 15) is 0 Å². The highest BCUT2D eigenvalue weighted by molar-refractivity contribution is 7.98. The first kappa shape index (κ1) is 17.2. The van der Waals surface area contributed by atoms with Crippen LogP contribution in [0.5, 0.6) is 0 Å². The Balaban J connectivity index is 1.38. The molecule has 0 bridgehead atoms. The lowest BCUT2D eigenvalue weighted by atomic mass is 10.1. The van der Waals surface area contributed by atoms with Gasteiger partial charge in [0, 0.05) is 75.1 Å². The monoisotopic (exact) mass is 376 g/mol. The van der Waals surface area contributed by atoms with Crippen LogP contribution in [-0.4, -0.2) is 70.8 Å². The molecule has 1 saturated heterocycles. The molecule has 0 N–H and O–H groups in total. The topological polar surface area (TPSA) is 48.4 Å². The lowest BCUT2D eigenvalue weighted by molar-refractivity contribution is 0.244. The summed E-state index contributed by atoms with van der Waals surface area (Å²) in [5.74, 6) is 0. The van der Waals surface area contributed by atoms with E-state index < -0.39 is 0 Å². The van der Waals surface area contributed by atoms with Crippen LogP contribution in [0, 0.1) is 0 Å². The van der Waals surface area contributed by atoms with Gasteiger partial charge >= 0.3 is 0 Å². The van der Waals surface area contributed by atoms with Crippen LogP contribution in [0.15, 0.2) is 17.6 Å². The fourth-order valence-corrected chi connectivity index (χ4v) is 4.69. The van der Waals surface area contributed by atoms with E-state index in [2.05, 4.69) is 42.9 Å². The summed E-state index contributed by atoms with van der Waals surface area (Å²) in [4.78, 5) is 22.4. The third kappa shape index (κ3) is 3.97. The van der Waals surface area contributed by atoms with Gasteiger partial charge in [-0.15, -0.1) is 11.3 Å². The van der Waals surface area contributed by atoms with Crippen molar-refractivity contribution in [1.29, 1.82) is 0 Å². The zero-order valence-corrected chi connectivity index (χ0v) is 16.4. The molecule has 0 aliphatic carbocycles. The largest absolute Gasteiger partial charge is 0.346 e. The molecule has 0 amide bonds. The number of rotatable bonds is 4. The number of nitrogens with zero attached hydrogens (tertiary/aromatic N) is 6. The Morgan fingerprint density at radius 1 is 1.12 bits per heavy atom. The maximum Gasteiger partial charge on any atom is 0.187 e. The standard InChI is InChI=1S/C17H24N6S2/c1-21-5-7-23(8-6-21)17-19-10-14(25-17)12-22-4-3-15-13(11-22)9-18-16(20-15)24-2/h9-10H,3-8,11-12H2,1-2H3. The molecule has 134 valence electrons. The number of fused-ring (bicyclic) bond motifs is 1. The van der Waals surface area contributed by atoms with Crippen molar-refractivity contribution in [1.82, 2.24) is 24.8 Å². The quantitative estimate of drug-likeness (QED) is 0.597. The Hall–Kier alpha value is -1.22. The average Bonchev–Trinajstić information content (AvgIpc) is 3.10. The van der Waals surface area contributed by atoms with E-state index in [4.69, 9.17) is 0 Å². The van der Waals surface area contributed by atoms with Crippen molar-refractivity contribution in [3.05, 3.63) is 28.5 Å². The van der Waals surface area contributed by atoms with Gasteiger partial charge in [0.1, 0.15) is 0 Å². The molecule has 4 rings (SSSR count). The van der Waals surface area contributed by atoms with Gasteiger partial charge in [-0.25, -0.2) is 15.0 Å². The molecule has 8 heteroatoms. The summed E-state index contributed by atoms with van der Waals surface area (Å²) >= 11 is 3.45. The minimum absolute atomic E-state index is 0.881. The van der Waals surface area contributed by atoms with Gasteiger partial charge in [0.15, 0.2) is 10.3 Å². The van der Waals surface area contributed by atoms with Crippen LogP contribution < -0.4 is 4.90 Å². The summed E-state index contributed by atoms with van der Waals surface area (Å²) < 4.78 is 0. The smallest absolute Gasteiger partial charge is 0.187 e. The van der Waals surface area contributed by atoms with Gasteiger partial charge in [0.05, 0.1) is 5.69 Å². The third-order valence-corrected chi connectivity index (χ3v) is 6.47. The Kier molecular flexibility index (Phi) is 5.21. The van der Waals surface area contributed by atoms with Crippen molar-refractivity contribution >= 4 is 28.2 Å². The lowest BCUT2D eigenvalue weighted by Gasteiger charge is -2.32. The van der Waals surface area contributed by atoms with Crippen LogP contribution in [0.4, 0.5) is 5.13 Å². The molecule has 0 radical (unpaired) electrons. The molecule has 0 saturated carbocycles. The summed E-state index contributed by atoms with van der Waals surface area (Å²) in [5, 5.41) is 2.06. The number of thiazole rings is 1. The summed E-state index contributed by atoms with van der Waals surface area (Å²) in [6, 6.07) is 0. The van der Waals surface area contributed by atoms with Crippen LogP contribution in [0.1, 0.15) is 16.1 Å². The van der Waals surface area contributed by atoms with Gasteiger partial charge < -0.3 is 9.80 Å². The highest BCUT2D eigenvalue weighted by atomic mass is 32.2. The molecule has 2 aliphatic rings. The molecule has 2 aromatic rings. The first-order valence-corrected chi connectivity index (χ1v) is 10.7. The zero-order valence-electron chi connectivity index (χ0n) is 14.8. The number of thioether (sulfide) groups is 1. The third-order valence-electron chi connectivity index (χ3n) is 4.87. The summed E-state index contributed by atoms with van der Waals surface area (Å²) in [7, 11) is 2.19. The Morgan fingerprint density at radius 2 is 1.96 bits per heavy atom. The fraction of sp³-hybridized carbons (Fsp3) is 0.588. The zero-order chi connectivity index (χ0) is 17.2. The Bertz CT molecular complexity index is 726. The molecule has 2 aliphatic heterocycles. The predicted molar refractivity (Wildman–Crippen MR) is 103 cm³/mol. The Labute approximate surface area is 157 Å². The second kappa shape index (κ2) is 7.57. The first-order valence-electron chi connectivity index (χ1n) is 8.70. The molecule has 6 nitrogen and oxygen atoms in total. The molecule has 0 aromatic carbocycles. The van der Waals surface area contributed by atoms with E-state index >= 15 is 0 Å². The van der Waals surface area contributed by atoms with E-state index in [0.717, 1.165) is 57.4 Å². The van der Waals surface area contributed by atoms with E-state index in [1.54, 1.807) is 11.8 Å². The second-order valence-corrected chi connectivity index (χ2v) is 8.56. The van der Waals surface area contributed by atoms with Gasteiger partial charge in [0.25, 0.3) is 0 Å². The van der Waals surface area contributed by atoms with Gasteiger partial charge in [-0.3, -0.25) is 4.90 Å². The second-order valence-electron chi connectivity index (χ2n) is 6.69. The molecule has 0 atom stereocenters. The van der Waals surface area contributed by atoms with Crippen LogP contribution in [0.3, 0.4) is 0 Å². The van der Waals surface area contributed by atoms with Crippen LogP contribution >= 0.6 is 23.1 Å². The van der Waals surface area contributed by atoms with Crippen molar-refractivity contribution in [2.24, 2.45) is 0 Å². The first-order chi connectivity index (χ1) is 12.2. The van der Waals surface area contributed by atoms with Crippen molar-refractivity contribution in [3.8, 4) is 0 Å².